The molecule has 1 unspecified atom stereocenters. The molecule has 0 spiro atoms. The zero-order valence-corrected chi connectivity index (χ0v) is 10.4. The van der Waals surface area contributed by atoms with E-state index in [2.05, 4.69) is 30.6 Å². The molecule has 1 aliphatic heterocycles. The quantitative estimate of drug-likeness (QED) is 0.674. The molecule has 0 saturated carbocycles. The van der Waals surface area contributed by atoms with Gasteiger partial charge in [-0.3, -0.25) is 9.80 Å². The summed E-state index contributed by atoms with van der Waals surface area (Å²) in [5.74, 6) is 0. The highest BCUT2D eigenvalue weighted by Gasteiger charge is 2.32. The number of rotatable bonds is 4. The Balaban J connectivity index is 2.48. The van der Waals surface area contributed by atoms with Gasteiger partial charge in [0.05, 0.1) is 0 Å². The monoisotopic (exact) mass is 214 g/mol. The lowest BCUT2D eigenvalue weighted by atomic mass is 9.98. The summed E-state index contributed by atoms with van der Waals surface area (Å²) in [6.07, 6.45) is 0. The van der Waals surface area contributed by atoms with Gasteiger partial charge in [0.1, 0.15) is 0 Å². The topological polar surface area (TPSA) is 58.5 Å². The number of nitrogens with zero attached hydrogens (tertiary/aromatic N) is 2. The molecular formula is C11H26N4. The lowest BCUT2D eigenvalue weighted by Gasteiger charge is -2.47. The van der Waals surface area contributed by atoms with Gasteiger partial charge in [-0.1, -0.05) is 0 Å². The second-order valence-corrected chi connectivity index (χ2v) is 5.30. The van der Waals surface area contributed by atoms with Crippen molar-refractivity contribution in [3.05, 3.63) is 0 Å². The van der Waals surface area contributed by atoms with Gasteiger partial charge in [0, 0.05) is 50.8 Å². The van der Waals surface area contributed by atoms with Crippen LogP contribution in [0.4, 0.5) is 0 Å². The molecule has 0 aromatic rings. The fourth-order valence-corrected chi connectivity index (χ4v) is 2.42. The largest absolute Gasteiger partial charge is 0.329 e. The highest BCUT2D eigenvalue weighted by Crippen LogP contribution is 2.20. The first kappa shape index (κ1) is 12.9. The average Bonchev–Trinajstić information content (AvgIpc) is 2.08. The molecule has 4 nitrogen and oxygen atoms in total. The summed E-state index contributed by atoms with van der Waals surface area (Å²) < 4.78 is 0. The Labute approximate surface area is 93.6 Å². The van der Waals surface area contributed by atoms with E-state index in [1.165, 1.54) is 0 Å². The van der Waals surface area contributed by atoms with Gasteiger partial charge in [0.25, 0.3) is 0 Å². The maximum atomic E-state index is 5.83. The molecule has 1 aliphatic rings. The molecule has 1 saturated heterocycles. The first-order valence-electron chi connectivity index (χ1n) is 5.89. The highest BCUT2D eigenvalue weighted by molar-refractivity contribution is 4.90. The summed E-state index contributed by atoms with van der Waals surface area (Å²) in [6, 6.07) is 0.266. The number of hydrogen-bond donors (Lipinski definition) is 2. The van der Waals surface area contributed by atoms with Crippen LogP contribution in [0.15, 0.2) is 0 Å². The van der Waals surface area contributed by atoms with Crippen LogP contribution in [0.5, 0.6) is 0 Å². The van der Waals surface area contributed by atoms with Crippen LogP contribution in [0.25, 0.3) is 0 Å². The second kappa shape index (κ2) is 5.25. The van der Waals surface area contributed by atoms with Crippen molar-refractivity contribution in [1.82, 2.24) is 9.80 Å². The minimum Gasteiger partial charge on any atom is -0.329 e. The van der Waals surface area contributed by atoms with Crippen molar-refractivity contribution < 1.29 is 0 Å². The average molecular weight is 214 g/mol. The third-order valence-electron chi connectivity index (χ3n) is 3.10. The van der Waals surface area contributed by atoms with Crippen LogP contribution in [0.3, 0.4) is 0 Å². The smallest absolute Gasteiger partial charge is 0.0281 e. The van der Waals surface area contributed by atoms with E-state index in [9.17, 15) is 0 Å². The fraction of sp³-hybridized carbons (Fsp3) is 1.00. The van der Waals surface area contributed by atoms with E-state index in [1.807, 2.05) is 0 Å². The van der Waals surface area contributed by atoms with Gasteiger partial charge < -0.3 is 11.5 Å². The van der Waals surface area contributed by atoms with Crippen LogP contribution in [0.1, 0.15) is 20.8 Å². The summed E-state index contributed by atoms with van der Waals surface area (Å²) in [5, 5.41) is 0. The van der Waals surface area contributed by atoms with Gasteiger partial charge in [-0.2, -0.15) is 0 Å². The van der Waals surface area contributed by atoms with E-state index in [1.54, 1.807) is 0 Å². The molecule has 90 valence electrons. The van der Waals surface area contributed by atoms with Crippen LogP contribution in [-0.2, 0) is 0 Å². The zero-order chi connectivity index (χ0) is 11.5. The van der Waals surface area contributed by atoms with Crippen molar-refractivity contribution >= 4 is 0 Å². The first-order chi connectivity index (χ1) is 6.95. The van der Waals surface area contributed by atoms with Crippen molar-refractivity contribution in [1.29, 1.82) is 0 Å². The Bertz CT molecular complexity index is 191. The molecule has 1 atom stereocenters. The molecule has 0 amide bonds. The number of hydrogen-bond acceptors (Lipinski definition) is 4. The predicted molar refractivity (Wildman–Crippen MR) is 64.8 cm³/mol. The van der Waals surface area contributed by atoms with Crippen molar-refractivity contribution in [2.24, 2.45) is 11.5 Å². The molecule has 0 radical (unpaired) electrons. The highest BCUT2D eigenvalue weighted by atomic mass is 15.3. The molecule has 0 aromatic heterocycles. The maximum Gasteiger partial charge on any atom is 0.0281 e. The van der Waals surface area contributed by atoms with Gasteiger partial charge >= 0.3 is 0 Å². The molecule has 0 bridgehead atoms. The van der Waals surface area contributed by atoms with E-state index in [4.69, 9.17) is 11.5 Å². The summed E-state index contributed by atoms with van der Waals surface area (Å²) in [5.41, 5.74) is 11.7. The summed E-state index contributed by atoms with van der Waals surface area (Å²) in [6.45, 7) is 12.7. The molecule has 1 heterocycles. The standard InChI is InChI=1S/C11H26N4/c1-10(13)8-14-6-7-15(5-4-12)11(2,3)9-14/h10H,4-9,12-13H2,1-3H3. The molecule has 0 aromatic carbocycles. The third kappa shape index (κ3) is 3.72. The number of piperazine rings is 1. The molecule has 4 N–H and O–H groups in total. The minimum atomic E-state index is 0.229. The normalized spacial score (nSPS) is 25.4. The van der Waals surface area contributed by atoms with E-state index in [-0.39, 0.29) is 11.6 Å². The lowest BCUT2D eigenvalue weighted by molar-refractivity contribution is 0.0205. The second-order valence-electron chi connectivity index (χ2n) is 5.30. The first-order valence-corrected chi connectivity index (χ1v) is 5.89. The van der Waals surface area contributed by atoms with Crippen molar-refractivity contribution in [3.63, 3.8) is 0 Å². The van der Waals surface area contributed by atoms with Gasteiger partial charge in [0.2, 0.25) is 0 Å². The molecule has 0 aliphatic carbocycles. The molecular weight excluding hydrogens is 188 g/mol. The van der Waals surface area contributed by atoms with Crippen LogP contribution in [0, 0.1) is 0 Å². The van der Waals surface area contributed by atoms with Gasteiger partial charge in [-0.25, -0.2) is 0 Å². The summed E-state index contributed by atoms with van der Waals surface area (Å²) >= 11 is 0. The van der Waals surface area contributed by atoms with Gasteiger partial charge in [-0.15, -0.1) is 0 Å². The van der Waals surface area contributed by atoms with Crippen LogP contribution in [-0.4, -0.2) is 60.6 Å². The van der Waals surface area contributed by atoms with Gasteiger partial charge in [0.15, 0.2) is 0 Å². The lowest BCUT2D eigenvalue weighted by Crippen LogP contribution is -2.61. The van der Waals surface area contributed by atoms with Crippen molar-refractivity contribution in [2.45, 2.75) is 32.4 Å². The van der Waals surface area contributed by atoms with Crippen LogP contribution < -0.4 is 11.5 Å². The third-order valence-corrected chi connectivity index (χ3v) is 3.10. The van der Waals surface area contributed by atoms with E-state index < -0.39 is 0 Å². The van der Waals surface area contributed by atoms with Crippen molar-refractivity contribution in [2.75, 3.05) is 39.3 Å². The maximum absolute atomic E-state index is 5.83. The summed E-state index contributed by atoms with van der Waals surface area (Å²) in [4.78, 5) is 4.93. The van der Waals surface area contributed by atoms with Gasteiger partial charge in [-0.05, 0) is 20.8 Å². The Morgan fingerprint density at radius 3 is 2.47 bits per heavy atom. The van der Waals surface area contributed by atoms with E-state index in [0.29, 0.717) is 0 Å². The van der Waals surface area contributed by atoms with E-state index >= 15 is 0 Å². The fourth-order valence-electron chi connectivity index (χ4n) is 2.42. The van der Waals surface area contributed by atoms with Crippen LogP contribution in [0.2, 0.25) is 0 Å². The molecule has 1 rings (SSSR count). The van der Waals surface area contributed by atoms with E-state index in [0.717, 1.165) is 39.3 Å². The van der Waals surface area contributed by atoms with Crippen molar-refractivity contribution in [3.8, 4) is 0 Å². The number of nitrogens with two attached hydrogens (primary N) is 2. The molecule has 4 heteroatoms. The minimum absolute atomic E-state index is 0.229. The summed E-state index contributed by atoms with van der Waals surface area (Å²) in [7, 11) is 0. The Morgan fingerprint density at radius 1 is 1.33 bits per heavy atom. The zero-order valence-electron chi connectivity index (χ0n) is 10.4. The Kier molecular flexibility index (Phi) is 4.52. The Hall–Kier alpha value is -0.160. The molecule has 1 fully saturated rings. The molecule has 15 heavy (non-hydrogen) atoms. The van der Waals surface area contributed by atoms with Crippen LogP contribution >= 0.6 is 0 Å². The predicted octanol–water partition coefficient (Wildman–Crippen LogP) is -0.311. The Morgan fingerprint density at radius 2 is 2.00 bits per heavy atom. The SMILES string of the molecule is CC(N)CN1CCN(CCN)C(C)(C)C1.